The van der Waals surface area contributed by atoms with E-state index in [0.717, 1.165) is 26.1 Å². The molecule has 0 aromatic rings. The molecule has 4 nitrogen and oxygen atoms in total. The van der Waals surface area contributed by atoms with Crippen LogP contribution in [0.4, 0.5) is 8.78 Å². The van der Waals surface area contributed by atoms with Gasteiger partial charge in [-0.05, 0) is 12.3 Å². The topological polar surface area (TPSA) is 41.6 Å². The highest BCUT2D eigenvalue weighted by atomic mass is 19.3. The number of hydrogen-bond acceptors (Lipinski definition) is 3. The molecule has 98 valence electrons. The molecule has 0 aromatic carbocycles. The van der Waals surface area contributed by atoms with Crippen LogP contribution in [0.2, 0.25) is 0 Å². The first-order valence-electron chi connectivity index (χ1n) is 6.04. The van der Waals surface area contributed by atoms with Crippen molar-refractivity contribution in [3.63, 3.8) is 0 Å². The predicted octanol–water partition coefficient (Wildman–Crippen LogP) is 0.478. The highest BCUT2D eigenvalue weighted by Gasteiger charge is 2.39. The maximum Gasteiger partial charge on any atom is 0.261 e. The Hall–Kier alpha value is -0.750. The molecular formula is C11H18F2N2O2. The van der Waals surface area contributed by atoms with Gasteiger partial charge in [0.25, 0.3) is 6.43 Å². The van der Waals surface area contributed by atoms with Crippen molar-refractivity contribution in [1.82, 2.24) is 10.2 Å². The zero-order chi connectivity index (χ0) is 12.3. The third-order valence-electron chi connectivity index (χ3n) is 3.47. The maximum atomic E-state index is 11.9. The fourth-order valence-electron chi connectivity index (χ4n) is 2.63. The molecule has 1 N–H and O–H groups in total. The molecule has 0 bridgehead atoms. The Morgan fingerprint density at radius 1 is 1.47 bits per heavy atom. The molecule has 0 aromatic heterocycles. The minimum atomic E-state index is -2.46. The molecule has 0 saturated carbocycles. The summed E-state index contributed by atoms with van der Waals surface area (Å²) in [5.74, 6) is 0.594. The minimum Gasteiger partial charge on any atom is -0.375 e. The zero-order valence-electron chi connectivity index (χ0n) is 9.70. The summed E-state index contributed by atoms with van der Waals surface area (Å²) >= 11 is 0. The quantitative estimate of drug-likeness (QED) is 0.719. The van der Waals surface area contributed by atoms with Gasteiger partial charge in [-0.15, -0.1) is 0 Å². The highest BCUT2D eigenvalue weighted by Crippen LogP contribution is 2.27. The van der Waals surface area contributed by atoms with Crippen molar-refractivity contribution >= 4 is 5.91 Å². The Labute approximate surface area is 99.3 Å². The van der Waals surface area contributed by atoms with E-state index in [1.807, 2.05) is 4.90 Å². The normalized spacial score (nSPS) is 27.8. The minimum absolute atomic E-state index is 0.0236. The lowest BCUT2D eigenvalue weighted by Gasteiger charge is -2.23. The smallest absolute Gasteiger partial charge is 0.261 e. The third-order valence-corrected chi connectivity index (χ3v) is 3.47. The van der Waals surface area contributed by atoms with E-state index in [1.54, 1.807) is 0 Å². The van der Waals surface area contributed by atoms with Crippen LogP contribution in [0.5, 0.6) is 0 Å². The van der Waals surface area contributed by atoms with Crippen molar-refractivity contribution in [2.24, 2.45) is 5.92 Å². The van der Waals surface area contributed by atoms with Gasteiger partial charge in [0.2, 0.25) is 5.91 Å². The fourth-order valence-corrected chi connectivity index (χ4v) is 2.63. The van der Waals surface area contributed by atoms with Crippen LogP contribution in [0.15, 0.2) is 0 Å². The van der Waals surface area contributed by atoms with Crippen molar-refractivity contribution in [1.29, 1.82) is 0 Å². The van der Waals surface area contributed by atoms with Crippen molar-refractivity contribution in [2.75, 3.05) is 32.8 Å². The van der Waals surface area contributed by atoms with Crippen LogP contribution in [0.3, 0.4) is 0 Å². The lowest BCUT2D eigenvalue weighted by atomic mass is 10.1. The lowest BCUT2D eigenvalue weighted by Crippen LogP contribution is -2.39. The van der Waals surface area contributed by atoms with Gasteiger partial charge >= 0.3 is 0 Å². The maximum absolute atomic E-state index is 11.9. The van der Waals surface area contributed by atoms with Gasteiger partial charge in [-0.1, -0.05) is 0 Å². The Bertz CT molecular complexity index is 276. The van der Waals surface area contributed by atoms with Crippen LogP contribution in [-0.2, 0) is 9.53 Å². The Balaban J connectivity index is 1.69. The van der Waals surface area contributed by atoms with Gasteiger partial charge in [0.1, 0.15) is 6.61 Å². The molecule has 2 rings (SSSR count). The van der Waals surface area contributed by atoms with Gasteiger partial charge < -0.3 is 15.0 Å². The number of carbonyl (C=O) groups is 1. The molecule has 0 unspecified atom stereocenters. The summed E-state index contributed by atoms with van der Waals surface area (Å²) in [6, 6.07) is 0.303. The summed E-state index contributed by atoms with van der Waals surface area (Å²) in [7, 11) is 0. The zero-order valence-corrected chi connectivity index (χ0v) is 9.70. The number of hydrogen-bond donors (Lipinski definition) is 1. The first kappa shape index (κ1) is 12.7. The van der Waals surface area contributed by atoms with Crippen LogP contribution in [-0.4, -0.2) is 56.1 Å². The average Bonchev–Trinajstić information content (AvgIpc) is 2.85. The first-order valence-corrected chi connectivity index (χ1v) is 6.04. The molecule has 2 aliphatic rings. The van der Waals surface area contributed by atoms with E-state index in [1.165, 1.54) is 0 Å². The molecule has 17 heavy (non-hydrogen) atoms. The van der Waals surface area contributed by atoms with Crippen molar-refractivity contribution in [3.8, 4) is 0 Å². The number of nitrogens with zero attached hydrogens (tertiary/aromatic N) is 1. The average molecular weight is 248 g/mol. The molecule has 2 heterocycles. The standard InChI is InChI=1S/C11H18F2N2O2/c12-10(13)7-17-4-2-11(16)15-3-1-8-5-14-6-9(8)15/h8-10,14H,1-7H2/t8-,9+/m0/s1. The van der Waals surface area contributed by atoms with E-state index < -0.39 is 13.0 Å². The van der Waals surface area contributed by atoms with E-state index in [9.17, 15) is 13.6 Å². The van der Waals surface area contributed by atoms with E-state index in [-0.39, 0.29) is 18.9 Å². The molecule has 2 aliphatic heterocycles. The molecule has 2 atom stereocenters. The Morgan fingerprint density at radius 2 is 2.29 bits per heavy atom. The number of nitrogens with one attached hydrogen (secondary N) is 1. The van der Waals surface area contributed by atoms with E-state index in [4.69, 9.17) is 4.74 Å². The predicted molar refractivity (Wildman–Crippen MR) is 57.9 cm³/mol. The Kier molecular flexibility index (Phi) is 4.28. The number of likely N-dealkylation sites (tertiary alicyclic amines) is 1. The second-order valence-corrected chi connectivity index (χ2v) is 4.58. The van der Waals surface area contributed by atoms with Crippen molar-refractivity contribution in [3.05, 3.63) is 0 Å². The van der Waals surface area contributed by atoms with E-state index >= 15 is 0 Å². The van der Waals surface area contributed by atoms with Gasteiger partial charge in [0, 0.05) is 25.7 Å². The van der Waals surface area contributed by atoms with Crippen LogP contribution in [0.25, 0.3) is 0 Å². The molecule has 2 saturated heterocycles. The second-order valence-electron chi connectivity index (χ2n) is 4.58. The summed E-state index contributed by atoms with van der Waals surface area (Å²) in [5, 5.41) is 3.27. The molecule has 0 radical (unpaired) electrons. The van der Waals surface area contributed by atoms with Crippen LogP contribution < -0.4 is 5.32 Å². The number of carbonyl (C=O) groups excluding carboxylic acids is 1. The fraction of sp³-hybridized carbons (Fsp3) is 0.909. The number of amides is 1. The molecule has 0 aliphatic carbocycles. The van der Waals surface area contributed by atoms with E-state index in [0.29, 0.717) is 12.0 Å². The molecular weight excluding hydrogens is 230 g/mol. The van der Waals surface area contributed by atoms with Gasteiger partial charge in [0.15, 0.2) is 0 Å². The Morgan fingerprint density at radius 3 is 3.06 bits per heavy atom. The largest absolute Gasteiger partial charge is 0.375 e. The summed E-state index contributed by atoms with van der Waals surface area (Å²) in [5.41, 5.74) is 0. The molecule has 0 spiro atoms. The van der Waals surface area contributed by atoms with Gasteiger partial charge in [0.05, 0.1) is 13.0 Å². The number of fused-ring (bicyclic) bond motifs is 1. The number of halogens is 2. The molecule has 2 fully saturated rings. The van der Waals surface area contributed by atoms with Crippen molar-refractivity contribution < 1.29 is 18.3 Å². The third kappa shape index (κ3) is 3.13. The van der Waals surface area contributed by atoms with Crippen LogP contribution in [0, 0.1) is 5.92 Å². The van der Waals surface area contributed by atoms with Gasteiger partial charge in [-0.2, -0.15) is 0 Å². The SMILES string of the molecule is O=C(CCOCC(F)F)N1CC[C@H]2CNC[C@H]21. The first-order chi connectivity index (χ1) is 8.18. The van der Waals surface area contributed by atoms with Crippen LogP contribution in [0.1, 0.15) is 12.8 Å². The summed E-state index contributed by atoms with van der Waals surface area (Å²) in [6.45, 7) is 2.14. The second kappa shape index (κ2) is 5.73. The molecule has 6 heteroatoms. The van der Waals surface area contributed by atoms with Crippen molar-refractivity contribution in [2.45, 2.75) is 25.3 Å². The summed E-state index contributed by atoms with van der Waals surface area (Å²) in [4.78, 5) is 13.7. The monoisotopic (exact) mass is 248 g/mol. The van der Waals surface area contributed by atoms with Crippen LogP contribution >= 0.6 is 0 Å². The lowest BCUT2D eigenvalue weighted by molar-refractivity contribution is -0.133. The summed E-state index contributed by atoms with van der Waals surface area (Å²) in [6.07, 6.45) is -1.21. The number of rotatable bonds is 5. The number of alkyl halides is 2. The molecule has 1 amide bonds. The summed E-state index contributed by atoms with van der Waals surface area (Å²) < 4.78 is 28.3. The van der Waals surface area contributed by atoms with Gasteiger partial charge in [-0.25, -0.2) is 8.78 Å². The number of ether oxygens (including phenoxy) is 1. The van der Waals surface area contributed by atoms with Gasteiger partial charge in [-0.3, -0.25) is 4.79 Å². The highest BCUT2D eigenvalue weighted by molar-refractivity contribution is 5.77. The van der Waals surface area contributed by atoms with E-state index in [2.05, 4.69) is 5.32 Å².